The lowest BCUT2D eigenvalue weighted by atomic mass is 9.90. The average molecular weight is 514 g/mol. The molecule has 0 bridgehead atoms. The number of halogens is 2. The Balaban J connectivity index is 0.00000204. The highest BCUT2D eigenvalue weighted by Gasteiger charge is 2.26. The summed E-state index contributed by atoms with van der Waals surface area (Å²) in [6, 6.07) is 8.75. The van der Waals surface area contributed by atoms with Gasteiger partial charge in [-0.25, -0.2) is 4.79 Å². The molecule has 2 fully saturated rings. The minimum absolute atomic E-state index is 0. The molecule has 1 aromatic heterocycles. The molecule has 4 rings (SSSR count). The molecule has 1 aliphatic carbocycles. The third-order valence-corrected chi connectivity index (χ3v) is 8.07. The summed E-state index contributed by atoms with van der Waals surface area (Å²) in [6.45, 7) is 11.7. The van der Waals surface area contributed by atoms with E-state index in [9.17, 15) is 4.79 Å². The first-order valence-corrected chi connectivity index (χ1v) is 13.4. The molecule has 0 amide bonds. The first-order chi connectivity index (χ1) is 15.7. The zero-order valence-electron chi connectivity index (χ0n) is 21.3. The number of fused-ring (bicyclic) bond motifs is 1. The number of aromatic nitrogens is 2. The van der Waals surface area contributed by atoms with Gasteiger partial charge in [0.25, 0.3) is 0 Å². The molecule has 2 aromatic rings. The summed E-state index contributed by atoms with van der Waals surface area (Å²) in [5, 5.41) is 0. The molecule has 0 N–H and O–H groups in total. The van der Waals surface area contributed by atoms with Gasteiger partial charge in [-0.15, -0.1) is 24.8 Å². The zero-order chi connectivity index (χ0) is 22.3. The summed E-state index contributed by atoms with van der Waals surface area (Å²) in [4.78, 5) is 18.6. The predicted octanol–water partition coefficient (Wildman–Crippen LogP) is 5.99. The molecule has 0 atom stereocenters. The van der Waals surface area contributed by atoms with Gasteiger partial charge in [0.05, 0.1) is 11.0 Å². The van der Waals surface area contributed by atoms with Crippen molar-refractivity contribution in [3.8, 4) is 0 Å². The van der Waals surface area contributed by atoms with Crippen molar-refractivity contribution in [2.75, 3.05) is 39.3 Å². The summed E-state index contributed by atoms with van der Waals surface area (Å²) >= 11 is 0. The second-order valence-corrected chi connectivity index (χ2v) is 10.1. The fourth-order valence-corrected chi connectivity index (χ4v) is 6.03. The van der Waals surface area contributed by atoms with Crippen LogP contribution in [-0.4, -0.2) is 58.2 Å². The third-order valence-electron chi connectivity index (χ3n) is 8.07. The zero-order valence-corrected chi connectivity index (χ0v) is 22.9. The van der Waals surface area contributed by atoms with Crippen LogP contribution in [0.5, 0.6) is 0 Å². The fourth-order valence-electron chi connectivity index (χ4n) is 6.03. The van der Waals surface area contributed by atoms with Crippen molar-refractivity contribution in [2.45, 2.75) is 84.2 Å². The molecule has 1 aromatic carbocycles. The molecule has 1 saturated carbocycles. The maximum absolute atomic E-state index is 13.5. The number of rotatable bonds is 8. The van der Waals surface area contributed by atoms with Crippen LogP contribution in [0.25, 0.3) is 11.0 Å². The Kier molecular flexibility index (Phi) is 12.5. The summed E-state index contributed by atoms with van der Waals surface area (Å²) < 4.78 is 4.15. The standard InChI is InChI=1S/C27H44N4O.2ClH/c1-3-28(4-2)20-21-30-25-14-10-11-15-26(25)31(27(30)32)24-16-18-29(19-17-24)22-23-12-8-6-5-7-9-13-23;;/h10-11,14-15,23-24H,3-9,12-13,16-22H2,1-2H3;2*1H. The number of hydrogen-bond acceptors (Lipinski definition) is 3. The lowest BCUT2D eigenvalue weighted by Gasteiger charge is -2.35. The summed E-state index contributed by atoms with van der Waals surface area (Å²) in [7, 11) is 0. The second-order valence-electron chi connectivity index (χ2n) is 10.1. The fraction of sp³-hybridized carbons (Fsp3) is 0.741. The largest absolute Gasteiger partial charge is 0.329 e. The number of imidazole rings is 1. The maximum atomic E-state index is 13.5. The van der Waals surface area contributed by atoms with Crippen LogP contribution in [0.4, 0.5) is 0 Å². The monoisotopic (exact) mass is 512 g/mol. The number of benzene rings is 1. The number of para-hydroxylation sites is 2. The lowest BCUT2D eigenvalue weighted by Crippen LogP contribution is -2.40. The number of likely N-dealkylation sites (N-methyl/N-ethyl adjacent to an activating group) is 1. The van der Waals surface area contributed by atoms with E-state index in [0.29, 0.717) is 6.04 Å². The highest BCUT2D eigenvalue weighted by atomic mass is 35.5. The Morgan fingerprint density at radius 3 is 2.06 bits per heavy atom. The molecule has 7 heteroatoms. The van der Waals surface area contributed by atoms with Crippen molar-refractivity contribution in [2.24, 2.45) is 5.92 Å². The molecule has 0 unspecified atom stereocenters. The first-order valence-electron chi connectivity index (χ1n) is 13.4. The van der Waals surface area contributed by atoms with Gasteiger partial charge >= 0.3 is 5.69 Å². The van der Waals surface area contributed by atoms with Crippen LogP contribution in [0.1, 0.15) is 77.7 Å². The molecular weight excluding hydrogens is 467 g/mol. The van der Waals surface area contributed by atoms with Gasteiger partial charge in [0.1, 0.15) is 0 Å². The number of likely N-dealkylation sites (tertiary alicyclic amines) is 1. The van der Waals surface area contributed by atoms with E-state index in [1.54, 1.807) is 0 Å². The van der Waals surface area contributed by atoms with Gasteiger partial charge in [-0.2, -0.15) is 0 Å². The van der Waals surface area contributed by atoms with Crippen molar-refractivity contribution in [3.63, 3.8) is 0 Å². The molecule has 2 aliphatic rings. The Labute approximate surface area is 218 Å². The highest BCUT2D eigenvalue weighted by molar-refractivity contribution is 5.85. The van der Waals surface area contributed by atoms with E-state index in [-0.39, 0.29) is 30.5 Å². The number of nitrogens with zero attached hydrogens (tertiary/aromatic N) is 4. The van der Waals surface area contributed by atoms with Crippen molar-refractivity contribution >= 4 is 35.8 Å². The van der Waals surface area contributed by atoms with Crippen LogP contribution in [-0.2, 0) is 6.54 Å². The van der Waals surface area contributed by atoms with Gasteiger partial charge in [0.15, 0.2) is 0 Å². The second kappa shape index (κ2) is 14.5. The SMILES string of the molecule is CCN(CC)CCn1c(=O)n(C2CCN(CC3CCCCCCC3)CC2)c2ccccc21.Cl.Cl. The predicted molar refractivity (Wildman–Crippen MR) is 149 cm³/mol. The molecule has 0 radical (unpaired) electrons. The van der Waals surface area contributed by atoms with Crippen LogP contribution in [0.3, 0.4) is 0 Å². The van der Waals surface area contributed by atoms with Crippen LogP contribution in [0.15, 0.2) is 29.1 Å². The molecule has 1 aliphatic heterocycles. The van der Waals surface area contributed by atoms with E-state index in [1.165, 1.54) is 51.5 Å². The van der Waals surface area contributed by atoms with Gasteiger partial charge in [-0.3, -0.25) is 9.13 Å². The van der Waals surface area contributed by atoms with Gasteiger partial charge in [-0.1, -0.05) is 58.1 Å². The van der Waals surface area contributed by atoms with Gasteiger partial charge < -0.3 is 9.80 Å². The van der Waals surface area contributed by atoms with E-state index >= 15 is 0 Å². The Hall–Kier alpha value is -1.01. The van der Waals surface area contributed by atoms with Gasteiger partial charge in [0.2, 0.25) is 0 Å². The minimum atomic E-state index is 0. The van der Waals surface area contributed by atoms with Crippen LogP contribution >= 0.6 is 24.8 Å². The van der Waals surface area contributed by atoms with Gasteiger partial charge in [-0.05, 0) is 56.8 Å². The molecule has 5 nitrogen and oxygen atoms in total. The average Bonchev–Trinajstić information content (AvgIpc) is 3.08. The molecule has 34 heavy (non-hydrogen) atoms. The van der Waals surface area contributed by atoms with Crippen molar-refractivity contribution in [1.82, 2.24) is 18.9 Å². The summed E-state index contributed by atoms with van der Waals surface area (Å²) in [5.74, 6) is 0.886. The Bertz CT molecular complexity index is 892. The minimum Gasteiger partial charge on any atom is -0.303 e. The van der Waals surface area contributed by atoms with E-state index < -0.39 is 0 Å². The first kappa shape index (κ1) is 29.2. The molecule has 0 spiro atoms. The van der Waals surface area contributed by atoms with Crippen LogP contribution in [0, 0.1) is 5.92 Å². The Morgan fingerprint density at radius 1 is 0.853 bits per heavy atom. The Morgan fingerprint density at radius 2 is 1.44 bits per heavy atom. The molecule has 1 saturated heterocycles. The molecule has 194 valence electrons. The van der Waals surface area contributed by atoms with Gasteiger partial charge in [0, 0.05) is 38.8 Å². The van der Waals surface area contributed by atoms with Crippen molar-refractivity contribution in [1.29, 1.82) is 0 Å². The summed E-state index contributed by atoms with van der Waals surface area (Å²) in [6.07, 6.45) is 12.2. The smallest absolute Gasteiger partial charge is 0.303 e. The van der Waals surface area contributed by atoms with E-state index in [4.69, 9.17) is 0 Å². The normalized spacial score (nSPS) is 18.9. The topological polar surface area (TPSA) is 33.4 Å². The van der Waals surface area contributed by atoms with E-state index in [2.05, 4.69) is 52.5 Å². The third kappa shape index (κ3) is 7.02. The van der Waals surface area contributed by atoms with E-state index in [1.807, 2.05) is 4.57 Å². The van der Waals surface area contributed by atoms with Crippen LogP contribution in [0.2, 0.25) is 0 Å². The van der Waals surface area contributed by atoms with E-state index in [0.717, 1.165) is 69.1 Å². The van der Waals surface area contributed by atoms with Crippen molar-refractivity contribution in [3.05, 3.63) is 34.7 Å². The lowest BCUT2D eigenvalue weighted by molar-refractivity contribution is 0.151. The maximum Gasteiger partial charge on any atom is 0.329 e. The van der Waals surface area contributed by atoms with Crippen LogP contribution < -0.4 is 5.69 Å². The highest BCUT2D eigenvalue weighted by Crippen LogP contribution is 2.28. The van der Waals surface area contributed by atoms with Crippen molar-refractivity contribution < 1.29 is 0 Å². The molecule has 2 heterocycles. The number of hydrogen-bond donors (Lipinski definition) is 0. The molecular formula is C27H46Cl2N4O. The quantitative estimate of drug-likeness (QED) is 0.435. The number of piperidine rings is 1. The summed E-state index contributed by atoms with van der Waals surface area (Å²) in [5.41, 5.74) is 2.41.